The summed E-state index contributed by atoms with van der Waals surface area (Å²) in [5.41, 5.74) is 1.15. The largest absolute Gasteiger partial charge is 0.337 e. The third-order valence-corrected chi connectivity index (χ3v) is 4.27. The van der Waals surface area contributed by atoms with Crippen molar-refractivity contribution in [2.45, 2.75) is 12.8 Å². The third kappa shape index (κ3) is 3.00. The van der Waals surface area contributed by atoms with Gasteiger partial charge in [-0.15, -0.1) is 0 Å². The maximum Gasteiger partial charge on any atom is 0.275 e. The summed E-state index contributed by atoms with van der Waals surface area (Å²) >= 11 is 1.03. The van der Waals surface area contributed by atoms with Crippen LogP contribution in [0.25, 0.3) is 0 Å². The monoisotopic (exact) mass is 301 g/mol. The highest BCUT2D eigenvalue weighted by atomic mass is 32.1. The molecule has 1 aliphatic rings. The number of rotatable bonds is 3. The van der Waals surface area contributed by atoms with Crippen LogP contribution in [0.4, 0.5) is 0 Å². The van der Waals surface area contributed by atoms with Gasteiger partial charge in [-0.2, -0.15) is 8.75 Å². The number of carbonyl (C=O) groups is 2. The molecule has 6 heteroatoms. The Labute approximate surface area is 126 Å². The Morgan fingerprint density at radius 3 is 2.48 bits per heavy atom. The first-order valence-electron chi connectivity index (χ1n) is 6.92. The van der Waals surface area contributed by atoms with Gasteiger partial charge in [0.1, 0.15) is 0 Å². The van der Waals surface area contributed by atoms with Gasteiger partial charge in [0, 0.05) is 24.6 Å². The Bertz CT molecular complexity index is 620. The van der Waals surface area contributed by atoms with Gasteiger partial charge in [-0.3, -0.25) is 9.59 Å². The number of benzene rings is 1. The van der Waals surface area contributed by atoms with Crippen molar-refractivity contribution in [1.29, 1.82) is 0 Å². The molecule has 3 rings (SSSR count). The van der Waals surface area contributed by atoms with Crippen molar-refractivity contribution >= 4 is 23.4 Å². The molecule has 2 aromatic rings. The van der Waals surface area contributed by atoms with Crippen LogP contribution in [0, 0.1) is 5.92 Å². The molecule has 0 radical (unpaired) electrons. The first-order chi connectivity index (χ1) is 10.3. The second-order valence-corrected chi connectivity index (χ2v) is 5.65. The lowest BCUT2D eigenvalue weighted by Gasteiger charge is -2.30. The van der Waals surface area contributed by atoms with E-state index in [1.54, 1.807) is 4.90 Å². The SMILES string of the molecule is O=C(c1ccccc1)C1CCN(C(=O)c2cnsn2)CC1. The molecule has 0 atom stereocenters. The average Bonchev–Trinajstić information content (AvgIpc) is 3.09. The number of likely N-dealkylation sites (tertiary alicyclic amines) is 1. The molecule has 0 N–H and O–H groups in total. The standard InChI is InChI=1S/C15H15N3O2S/c19-14(11-4-2-1-3-5-11)12-6-8-18(9-7-12)15(20)13-10-16-21-17-13/h1-5,10,12H,6-9H2. The Hall–Kier alpha value is -2.08. The van der Waals surface area contributed by atoms with Crippen molar-refractivity contribution in [3.8, 4) is 0 Å². The average molecular weight is 301 g/mol. The smallest absolute Gasteiger partial charge is 0.275 e. The van der Waals surface area contributed by atoms with E-state index in [1.807, 2.05) is 30.3 Å². The maximum absolute atomic E-state index is 12.4. The predicted molar refractivity (Wildman–Crippen MR) is 79.3 cm³/mol. The van der Waals surface area contributed by atoms with Crippen LogP contribution in [0.5, 0.6) is 0 Å². The quantitative estimate of drug-likeness (QED) is 0.816. The van der Waals surface area contributed by atoms with Crippen LogP contribution in [-0.2, 0) is 0 Å². The first-order valence-corrected chi connectivity index (χ1v) is 7.65. The summed E-state index contributed by atoms with van der Waals surface area (Å²) in [7, 11) is 0. The molecule has 1 amide bonds. The van der Waals surface area contributed by atoms with Crippen LogP contribution in [0.1, 0.15) is 33.7 Å². The fraction of sp³-hybridized carbons (Fsp3) is 0.333. The van der Waals surface area contributed by atoms with Crippen LogP contribution in [0.2, 0.25) is 0 Å². The van der Waals surface area contributed by atoms with Gasteiger partial charge in [0.15, 0.2) is 11.5 Å². The summed E-state index contributed by atoms with van der Waals surface area (Å²) in [5.74, 6) is 0.0948. The molecule has 108 valence electrons. The highest BCUT2D eigenvalue weighted by Crippen LogP contribution is 2.22. The second kappa shape index (κ2) is 6.13. The summed E-state index contributed by atoms with van der Waals surface area (Å²) in [6.45, 7) is 1.19. The van der Waals surface area contributed by atoms with Gasteiger partial charge in [-0.05, 0) is 12.8 Å². The van der Waals surface area contributed by atoms with E-state index in [9.17, 15) is 9.59 Å². The topological polar surface area (TPSA) is 63.2 Å². The molecule has 0 spiro atoms. The minimum absolute atomic E-state index is 0.00464. The van der Waals surface area contributed by atoms with E-state index in [4.69, 9.17) is 0 Å². The Kier molecular flexibility index (Phi) is 4.06. The van der Waals surface area contributed by atoms with Gasteiger partial charge < -0.3 is 4.90 Å². The Morgan fingerprint density at radius 1 is 1.14 bits per heavy atom. The summed E-state index contributed by atoms with van der Waals surface area (Å²) in [5, 5.41) is 0. The molecule has 21 heavy (non-hydrogen) atoms. The van der Waals surface area contributed by atoms with Crippen LogP contribution in [0.3, 0.4) is 0 Å². The Balaban J connectivity index is 1.60. The molecule has 2 heterocycles. The van der Waals surface area contributed by atoms with Gasteiger partial charge >= 0.3 is 0 Å². The number of hydrogen-bond acceptors (Lipinski definition) is 5. The lowest BCUT2D eigenvalue weighted by atomic mass is 9.89. The van der Waals surface area contributed by atoms with E-state index in [1.165, 1.54) is 6.20 Å². The third-order valence-electron chi connectivity index (χ3n) is 3.79. The minimum atomic E-state index is -0.0886. The minimum Gasteiger partial charge on any atom is -0.337 e. The van der Waals surface area contributed by atoms with E-state index in [0.29, 0.717) is 31.6 Å². The Morgan fingerprint density at radius 2 is 1.86 bits per heavy atom. The van der Waals surface area contributed by atoms with E-state index in [2.05, 4.69) is 8.75 Å². The molecule has 1 aromatic carbocycles. The fourth-order valence-electron chi connectivity index (χ4n) is 2.60. The molecule has 0 unspecified atom stereocenters. The number of carbonyl (C=O) groups excluding carboxylic acids is 2. The molecular weight excluding hydrogens is 286 g/mol. The lowest BCUT2D eigenvalue weighted by molar-refractivity contribution is 0.0646. The normalized spacial score (nSPS) is 15.9. The van der Waals surface area contributed by atoms with Crippen molar-refractivity contribution in [2.75, 3.05) is 13.1 Å². The summed E-state index contributed by atoms with van der Waals surface area (Å²) in [6.07, 6.45) is 2.91. The molecule has 0 saturated carbocycles. The molecule has 1 aliphatic heterocycles. The van der Waals surface area contributed by atoms with E-state index >= 15 is 0 Å². The first kappa shape index (κ1) is 13.9. The van der Waals surface area contributed by atoms with E-state index in [-0.39, 0.29) is 17.6 Å². The number of aromatic nitrogens is 2. The highest BCUT2D eigenvalue weighted by molar-refractivity contribution is 6.99. The maximum atomic E-state index is 12.4. The molecule has 0 bridgehead atoms. The predicted octanol–water partition coefficient (Wildman–Crippen LogP) is 2.27. The summed E-state index contributed by atoms with van der Waals surface area (Å²) in [4.78, 5) is 26.3. The van der Waals surface area contributed by atoms with E-state index < -0.39 is 0 Å². The van der Waals surface area contributed by atoms with Crippen molar-refractivity contribution in [3.63, 3.8) is 0 Å². The number of hydrogen-bond donors (Lipinski definition) is 0. The van der Waals surface area contributed by atoms with Crippen LogP contribution in [0.15, 0.2) is 36.5 Å². The second-order valence-electron chi connectivity index (χ2n) is 5.09. The van der Waals surface area contributed by atoms with Gasteiger partial charge in [-0.1, -0.05) is 30.3 Å². The van der Waals surface area contributed by atoms with Gasteiger partial charge in [0.05, 0.1) is 17.9 Å². The molecule has 1 fully saturated rings. The number of ketones is 1. The van der Waals surface area contributed by atoms with Crippen molar-refractivity contribution in [3.05, 3.63) is 47.8 Å². The number of Topliss-reactive ketones (excluding diaryl/α,β-unsaturated/α-hetero) is 1. The van der Waals surface area contributed by atoms with Crippen LogP contribution in [-0.4, -0.2) is 38.4 Å². The highest BCUT2D eigenvalue weighted by Gasteiger charge is 2.28. The number of nitrogens with zero attached hydrogens (tertiary/aromatic N) is 3. The number of piperidine rings is 1. The molecule has 5 nitrogen and oxygen atoms in total. The molecule has 1 aromatic heterocycles. The van der Waals surface area contributed by atoms with Crippen LogP contribution < -0.4 is 0 Å². The molecule has 0 aliphatic carbocycles. The van der Waals surface area contributed by atoms with Crippen molar-refractivity contribution in [2.24, 2.45) is 5.92 Å². The molecule has 1 saturated heterocycles. The van der Waals surface area contributed by atoms with Crippen molar-refractivity contribution < 1.29 is 9.59 Å². The van der Waals surface area contributed by atoms with Gasteiger partial charge in [-0.25, -0.2) is 0 Å². The van der Waals surface area contributed by atoms with Crippen molar-refractivity contribution in [1.82, 2.24) is 13.6 Å². The zero-order valence-electron chi connectivity index (χ0n) is 11.4. The van der Waals surface area contributed by atoms with Gasteiger partial charge in [0.2, 0.25) is 0 Å². The molecular formula is C15H15N3O2S. The zero-order chi connectivity index (χ0) is 14.7. The van der Waals surface area contributed by atoms with Gasteiger partial charge in [0.25, 0.3) is 5.91 Å². The summed E-state index contributed by atoms with van der Waals surface area (Å²) < 4.78 is 7.82. The van der Waals surface area contributed by atoms with Crippen LogP contribution >= 0.6 is 11.7 Å². The lowest BCUT2D eigenvalue weighted by Crippen LogP contribution is -2.40. The zero-order valence-corrected chi connectivity index (χ0v) is 12.3. The fourth-order valence-corrected chi connectivity index (χ4v) is 3.01. The van der Waals surface area contributed by atoms with E-state index in [0.717, 1.165) is 17.3 Å². The summed E-state index contributed by atoms with van der Waals surface area (Å²) in [6, 6.07) is 9.35. The number of amides is 1.